The smallest absolute Gasteiger partial charge is 0.220 e. The van der Waals surface area contributed by atoms with Crippen molar-refractivity contribution in [2.75, 3.05) is 0 Å². The number of hydrogen-bond donors (Lipinski definition) is 2. The van der Waals surface area contributed by atoms with Crippen LogP contribution in [-0.2, 0) is 24.4 Å². The van der Waals surface area contributed by atoms with E-state index in [0.29, 0.717) is 13.0 Å². The van der Waals surface area contributed by atoms with E-state index in [9.17, 15) is 4.79 Å². The van der Waals surface area contributed by atoms with Crippen LogP contribution >= 0.6 is 0 Å². The normalized spacial score (nSPS) is 14.4. The summed E-state index contributed by atoms with van der Waals surface area (Å²) in [6.45, 7) is 8.77. The van der Waals surface area contributed by atoms with Crippen LogP contribution in [0.2, 0.25) is 0 Å². The van der Waals surface area contributed by atoms with Crippen molar-refractivity contribution >= 4 is 5.91 Å². The number of carbonyl (C=O) groups is 1. The van der Waals surface area contributed by atoms with Crippen LogP contribution in [0, 0.1) is 5.41 Å². The van der Waals surface area contributed by atoms with E-state index in [1.165, 1.54) is 16.7 Å². The number of fused-ring (bicyclic) bond motifs is 1. The highest BCUT2D eigenvalue weighted by Crippen LogP contribution is 2.19. The van der Waals surface area contributed by atoms with Crippen LogP contribution in [0.4, 0.5) is 0 Å². The van der Waals surface area contributed by atoms with Crippen molar-refractivity contribution in [3.63, 3.8) is 0 Å². The molecule has 1 aromatic carbocycles. The molecule has 2 N–H and O–H groups in total. The summed E-state index contributed by atoms with van der Waals surface area (Å²) in [7, 11) is 0. The predicted octanol–water partition coefficient (Wildman–Crippen LogP) is 2.34. The summed E-state index contributed by atoms with van der Waals surface area (Å²) in [4.78, 5) is 11.7. The Labute approximate surface area is 109 Å². The molecule has 1 aromatic rings. The Morgan fingerprint density at radius 3 is 2.72 bits per heavy atom. The minimum Gasteiger partial charge on any atom is -0.352 e. The minimum atomic E-state index is 0.0476. The molecule has 18 heavy (non-hydrogen) atoms. The molecule has 0 saturated heterocycles. The van der Waals surface area contributed by atoms with Gasteiger partial charge in [0, 0.05) is 26.1 Å². The lowest BCUT2D eigenvalue weighted by Crippen LogP contribution is -2.27. The zero-order valence-corrected chi connectivity index (χ0v) is 11.5. The lowest BCUT2D eigenvalue weighted by molar-refractivity contribution is -0.122. The maximum absolute atomic E-state index is 11.7. The zero-order valence-electron chi connectivity index (χ0n) is 11.5. The first kappa shape index (κ1) is 13.1. The van der Waals surface area contributed by atoms with Crippen molar-refractivity contribution in [1.82, 2.24) is 10.6 Å². The van der Waals surface area contributed by atoms with Gasteiger partial charge in [-0.2, -0.15) is 0 Å². The highest BCUT2D eigenvalue weighted by atomic mass is 16.1. The highest BCUT2D eigenvalue weighted by molar-refractivity contribution is 5.76. The molecular weight excluding hydrogens is 224 g/mol. The number of nitrogens with one attached hydrogen (secondary N) is 2. The topological polar surface area (TPSA) is 41.1 Å². The fourth-order valence-corrected chi connectivity index (χ4v) is 2.20. The average Bonchev–Trinajstić information content (AvgIpc) is 2.71. The molecule has 0 atom stereocenters. The molecule has 0 radical (unpaired) electrons. The summed E-state index contributed by atoms with van der Waals surface area (Å²) in [6.07, 6.45) is 0.569. The Hall–Kier alpha value is -1.35. The van der Waals surface area contributed by atoms with E-state index in [1.54, 1.807) is 0 Å². The molecule has 3 nitrogen and oxygen atoms in total. The van der Waals surface area contributed by atoms with Crippen molar-refractivity contribution in [3.8, 4) is 0 Å². The molecule has 0 spiro atoms. The third-order valence-corrected chi connectivity index (χ3v) is 3.08. The minimum absolute atomic E-state index is 0.0476. The maximum Gasteiger partial charge on any atom is 0.220 e. The second kappa shape index (κ2) is 5.11. The Kier molecular flexibility index (Phi) is 3.71. The monoisotopic (exact) mass is 246 g/mol. The number of rotatable bonds is 3. The van der Waals surface area contributed by atoms with Crippen LogP contribution in [0.3, 0.4) is 0 Å². The lowest BCUT2D eigenvalue weighted by Gasteiger charge is -2.17. The molecule has 0 aliphatic carbocycles. The Bertz CT molecular complexity index is 446. The van der Waals surface area contributed by atoms with E-state index in [-0.39, 0.29) is 11.3 Å². The molecule has 2 rings (SSSR count). The summed E-state index contributed by atoms with van der Waals surface area (Å²) in [5.74, 6) is 0.126. The fourth-order valence-electron chi connectivity index (χ4n) is 2.20. The molecule has 98 valence electrons. The van der Waals surface area contributed by atoms with Gasteiger partial charge in [0.25, 0.3) is 0 Å². The third-order valence-electron chi connectivity index (χ3n) is 3.08. The van der Waals surface area contributed by atoms with E-state index in [1.807, 2.05) is 0 Å². The Morgan fingerprint density at radius 1 is 1.28 bits per heavy atom. The largest absolute Gasteiger partial charge is 0.352 e. The lowest BCUT2D eigenvalue weighted by atomic mass is 9.92. The van der Waals surface area contributed by atoms with Gasteiger partial charge < -0.3 is 10.6 Å². The SMILES string of the molecule is CC(C)(C)CC(=O)NCc1ccc2c(c1)CNC2. The number of hydrogen-bond acceptors (Lipinski definition) is 2. The second-order valence-corrected chi connectivity index (χ2v) is 6.22. The molecular formula is C15H22N2O. The van der Waals surface area contributed by atoms with Crippen molar-refractivity contribution in [1.29, 1.82) is 0 Å². The van der Waals surface area contributed by atoms with Crippen LogP contribution in [0.25, 0.3) is 0 Å². The van der Waals surface area contributed by atoms with Gasteiger partial charge in [-0.05, 0) is 22.1 Å². The zero-order chi connectivity index (χ0) is 13.2. The molecule has 0 fully saturated rings. The summed E-state index contributed by atoms with van der Waals surface area (Å²) < 4.78 is 0. The molecule has 1 aliphatic heterocycles. The first-order chi connectivity index (χ1) is 8.44. The number of amides is 1. The molecule has 0 saturated carbocycles. The highest BCUT2D eigenvalue weighted by Gasteiger charge is 2.16. The predicted molar refractivity (Wildman–Crippen MR) is 72.9 cm³/mol. The van der Waals surface area contributed by atoms with Gasteiger partial charge in [-0.1, -0.05) is 39.0 Å². The summed E-state index contributed by atoms with van der Waals surface area (Å²) in [6, 6.07) is 6.44. The van der Waals surface area contributed by atoms with Crippen molar-refractivity contribution in [3.05, 3.63) is 34.9 Å². The van der Waals surface area contributed by atoms with E-state index in [0.717, 1.165) is 13.1 Å². The van der Waals surface area contributed by atoms with E-state index >= 15 is 0 Å². The molecule has 0 unspecified atom stereocenters. The van der Waals surface area contributed by atoms with E-state index in [4.69, 9.17) is 0 Å². The Balaban J connectivity index is 1.89. The average molecular weight is 246 g/mol. The van der Waals surface area contributed by atoms with Crippen LogP contribution in [0.5, 0.6) is 0 Å². The molecule has 3 heteroatoms. The molecule has 0 aromatic heterocycles. The summed E-state index contributed by atoms with van der Waals surface area (Å²) in [5.41, 5.74) is 3.96. The second-order valence-electron chi connectivity index (χ2n) is 6.22. The van der Waals surface area contributed by atoms with E-state index < -0.39 is 0 Å². The first-order valence-corrected chi connectivity index (χ1v) is 6.52. The quantitative estimate of drug-likeness (QED) is 0.859. The molecule has 1 aliphatic rings. The van der Waals surface area contributed by atoms with Crippen molar-refractivity contribution < 1.29 is 4.79 Å². The molecule has 0 bridgehead atoms. The van der Waals surface area contributed by atoms with Gasteiger partial charge in [-0.3, -0.25) is 4.79 Å². The van der Waals surface area contributed by atoms with Crippen LogP contribution in [-0.4, -0.2) is 5.91 Å². The number of benzene rings is 1. The van der Waals surface area contributed by atoms with Gasteiger partial charge in [0.05, 0.1) is 0 Å². The van der Waals surface area contributed by atoms with Gasteiger partial charge >= 0.3 is 0 Å². The summed E-state index contributed by atoms with van der Waals surface area (Å²) in [5, 5.41) is 6.31. The first-order valence-electron chi connectivity index (χ1n) is 6.52. The van der Waals surface area contributed by atoms with Crippen molar-refractivity contribution in [2.24, 2.45) is 5.41 Å². The van der Waals surface area contributed by atoms with Gasteiger partial charge in [0.2, 0.25) is 5.91 Å². The third kappa shape index (κ3) is 3.57. The van der Waals surface area contributed by atoms with Gasteiger partial charge in [-0.25, -0.2) is 0 Å². The van der Waals surface area contributed by atoms with E-state index in [2.05, 4.69) is 49.6 Å². The summed E-state index contributed by atoms with van der Waals surface area (Å²) >= 11 is 0. The van der Waals surface area contributed by atoms with Crippen molar-refractivity contribution in [2.45, 2.75) is 46.8 Å². The van der Waals surface area contributed by atoms with Gasteiger partial charge in [0.1, 0.15) is 0 Å². The maximum atomic E-state index is 11.7. The fraction of sp³-hybridized carbons (Fsp3) is 0.533. The Morgan fingerprint density at radius 2 is 2.00 bits per heavy atom. The van der Waals surface area contributed by atoms with Crippen LogP contribution in [0.1, 0.15) is 43.9 Å². The molecule has 1 amide bonds. The number of carbonyl (C=O) groups excluding carboxylic acids is 1. The van der Waals surface area contributed by atoms with Crippen LogP contribution in [0.15, 0.2) is 18.2 Å². The molecule has 1 heterocycles. The van der Waals surface area contributed by atoms with Gasteiger partial charge in [0.15, 0.2) is 0 Å². The standard InChI is InChI=1S/C15H22N2O/c1-15(2,3)7-14(18)17-8-11-4-5-12-9-16-10-13(12)6-11/h4-6,16H,7-10H2,1-3H3,(H,17,18). The van der Waals surface area contributed by atoms with Crippen LogP contribution < -0.4 is 10.6 Å². The van der Waals surface area contributed by atoms with Gasteiger partial charge in [-0.15, -0.1) is 0 Å².